The summed E-state index contributed by atoms with van der Waals surface area (Å²) in [5, 5.41) is 3.63. The van der Waals surface area contributed by atoms with Crippen molar-refractivity contribution < 1.29 is 4.79 Å². The quantitative estimate of drug-likeness (QED) is 0.594. The van der Waals surface area contributed by atoms with Crippen LogP contribution in [0.5, 0.6) is 0 Å². The summed E-state index contributed by atoms with van der Waals surface area (Å²) in [5.41, 5.74) is 4.40. The minimum Gasteiger partial charge on any atom is -0.325 e. The fourth-order valence-corrected chi connectivity index (χ4v) is 4.36. The van der Waals surface area contributed by atoms with Gasteiger partial charge in [0.15, 0.2) is 0 Å². The highest BCUT2D eigenvalue weighted by atomic mass is 35.5. The maximum absolute atomic E-state index is 12.6. The highest BCUT2D eigenvalue weighted by molar-refractivity contribution is 6.31. The van der Waals surface area contributed by atoms with Crippen molar-refractivity contribution in [3.8, 4) is 0 Å². The molecule has 1 fully saturated rings. The Kier molecular flexibility index (Phi) is 7.03. The highest BCUT2D eigenvalue weighted by Gasteiger charge is 2.27. The molecule has 4 nitrogen and oxygen atoms in total. The zero-order valence-electron chi connectivity index (χ0n) is 17.8. The average Bonchev–Trinajstić information content (AvgIpc) is 2.79. The molecule has 160 valence electrons. The van der Waals surface area contributed by atoms with Crippen molar-refractivity contribution in [2.75, 3.05) is 38.0 Å². The minimum atomic E-state index is 0.00138. The lowest BCUT2D eigenvalue weighted by molar-refractivity contribution is -0.117. The zero-order chi connectivity index (χ0) is 21.6. The molecule has 0 spiro atoms. The lowest BCUT2D eigenvalue weighted by Gasteiger charge is -2.39. The molecule has 1 N–H and O–H groups in total. The van der Waals surface area contributed by atoms with Gasteiger partial charge in [0.2, 0.25) is 5.91 Å². The van der Waals surface area contributed by atoms with Crippen LogP contribution in [0.4, 0.5) is 5.69 Å². The highest BCUT2D eigenvalue weighted by Crippen LogP contribution is 2.29. The van der Waals surface area contributed by atoms with Gasteiger partial charge in [0, 0.05) is 36.9 Å². The molecule has 1 aliphatic heterocycles. The number of carbonyl (C=O) groups excluding carboxylic acids is 1. The van der Waals surface area contributed by atoms with Crippen molar-refractivity contribution in [1.82, 2.24) is 9.80 Å². The maximum Gasteiger partial charge on any atom is 0.238 e. The summed E-state index contributed by atoms with van der Waals surface area (Å²) in [6, 6.07) is 27.1. The summed E-state index contributed by atoms with van der Waals surface area (Å²) >= 11 is 6.07. The van der Waals surface area contributed by atoms with Crippen LogP contribution in [0.3, 0.4) is 0 Å². The third-order valence-electron chi connectivity index (χ3n) is 5.84. The van der Waals surface area contributed by atoms with Gasteiger partial charge < -0.3 is 5.32 Å². The molecule has 0 bridgehead atoms. The van der Waals surface area contributed by atoms with E-state index in [0.29, 0.717) is 11.6 Å². The fraction of sp³-hybridized carbons (Fsp3) is 0.269. The topological polar surface area (TPSA) is 35.6 Å². The van der Waals surface area contributed by atoms with Crippen LogP contribution in [0.15, 0.2) is 78.9 Å². The number of hydrogen-bond acceptors (Lipinski definition) is 3. The molecule has 1 heterocycles. The molecule has 0 aromatic heterocycles. The Bertz CT molecular complexity index is 962. The molecule has 5 heteroatoms. The molecule has 1 amide bonds. The number of piperazine rings is 1. The summed E-state index contributed by atoms with van der Waals surface area (Å²) in [7, 11) is 0. The first-order valence-electron chi connectivity index (χ1n) is 10.7. The van der Waals surface area contributed by atoms with E-state index in [1.54, 1.807) is 6.07 Å². The first-order valence-corrected chi connectivity index (χ1v) is 11.1. The summed E-state index contributed by atoms with van der Waals surface area (Å²) in [6.45, 7) is 5.91. The van der Waals surface area contributed by atoms with Crippen LogP contribution >= 0.6 is 11.6 Å². The van der Waals surface area contributed by atoms with Gasteiger partial charge in [0.05, 0.1) is 12.6 Å². The predicted molar refractivity (Wildman–Crippen MR) is 128 cm³/mol. The predicted octanol–water partition coefficient (Wildman–Crippen LogP) is 4.99. The van der Waals surface area contributed by atoms with E-state index in [1.165, 1.54) is 11.1 Å². The number of benzene rings is 3. The number of anilines is 1. The van der Waals surface area contributed by atoms with E-state index in [9.17, 15) is 4.79 Å². The van der Waals surface area contributed by atoms with Crippen LogP contribution in [0.25, 0.3) is 0 Å². The summed E-state index contributed by atoms with van der Waals surface area (Å²) < 4.78 is 0. The van der Waals surface area contributed by atoms with Crippen molar-refractivity contribution in [2.45, 2.75) is 13.0 Å². The third-order valence-corrected chi connectivity index (χ3v) is 6.08. The van der Waals surface area contributed by atoms with Crippen LogP contribution in [0.1, 0.15) is 22.7 Å². The second-order valence-corrected chi connectivity index (χ2v) is 8.48. The minimum absolute atomic E-state index is 0.00138. The maximum atomic E-state index is 12.6. The second kappa shape index (κ2) is 10.1. The number of nitrogens with one attached hydrogen (secondary N) is 1. The largest absolute Gasteiger partial charge is 0.325 e. The van der Waals surface area contributed by atoms with E-state index in [1.807, 2.05) is 19.1 Å². The Morgan fingerprint density at radius 2 is 1.48 bits per heavy atom. The lowest BCUT2D eigenvalue weighted by Crippen LogP contribution is -2.49. The van der Waals surface area contributed by atoms with E-state index in [0.717, 1.165) is 37.4 Å². The van der Waals surface area contributed by atoms with E-state index >= 15 is 0 Å². The molecule has 4 rings (SSSR count). The van der Waals surface area contributed by atoms with Crippen molar-refractivity contribution >= 4 is 23.2 Å². The van der Waals surface area contributed by atoms with Gasteiger partial charge in [-0.05, 0) is 35.7 Å². The van der Waals surface area contributed by atoms with Gasteiger partial charge in [0.1, 0.15) is 0 Å². The van der Waals surface area contributed by atoms with Gasteiger partial charge in [0.25, 0.3) is 0 Å². The standard InChI is InChI=1S/C26H28ClN3O/c1-20-12-13-23(27)18-24(20)28-25(31)19-29-14-16-30(17-15-29)26(21-8-4-2-5-9-21)22-10-6-3-7-11-22/h2-13,18,26H,14-17,19H2,1H3,(H,28,31). The second-order valence-electron chi connectivity index (χ2n) is 8.04. The lowest BCUT2D eigenvalue weighted by atomic mass is 9.96. The Balaban J connectivity index is 1.39. The number of hydrogen-bond donors (Lipinski definition) is 1. The summed E-state index contributed by atoms with van der Waals surface area (Å²) in [6.07, 6.45) is 0. The smallest absolute Gasteiger partial charge is 0.238 e. The fourth-order valence-electron chi connectivity index (χ4n) is 4.19. The third kappa shape index (κ3) is 5.53. The van der Waals surface area contributed by atoms with E-state index in [-0.39, 0.29) is 11.9 Å². The van der Waals surface area contributed by atoms with Crippen LogP contribution in [0.2, 0.25) is 5.02 Å². The Morgan fingerprint density at radius 3 is 2.06 bits per heavy atom. The van der Waals surface area contributed by atoms with Crippen molar-refractivity contribution in [3.63, 3.8) is 0 Å². The number of nitrogens with zero attached hydrogens (tertiary/aromatic N) is 2. The van der Waals surface area contributed by atoms with Crippen molar-refractivity contribution in [1.29, 1.82) is 0 Å². The molecule has 31 heavy (non-hydrogen) atoms. The molecule has 3 aromatic carbocycles. The number of aryl methyl sites for hydroxylation is 1. The first kappa shape index (κ1) is 21.6. The molecular formula is C26H28ClN3O. The van der Waals surface area contributed by atoms with Crippen LogP contribution in [-0.4, -0.2) is 48.4 Å². The van der Waals surface area contributed by atoms with Crippen molar-refractivity contribution in [3.05, 3.63) is 101 Å². The number of amides is 1. The summed E-state index contributed by atoms with van der Waals surface area (Å²) in [5.74, 6) is 0.00138. The molecule has 3 aromatic rings. The van der Waals surface area contributed by atoms with Crippen LogP contribution in [-0.2, 0) is 4.79 Å². The van der Waals surface area contributed by atoms with E-state index in [2.05, 4.69) is 75.8 Å². The van der Waals surface area contributed by atoms with Gasteiger partial charge >= 0.3 is 0 Å². The van der Waals surface area contributed by atoms with Crippen LogP contribution < -0.4 is 5.32 Å². The molecule has 0 saturated carbocycles. The van der Waals surface area contributed by atoms with Gasteiger partial charge in [-0.1, -0.05) is 78.3 Å². The Labute approximate surface area is 189 Å². The SMILES string of the molecule is Cc1ccc(Cl)cc1NC(=O)CN1CCN(C(c2ccccc2)c2ccccc2)CC1. The number of rotatable bonds is 6. The number of halogens is 1. The average molecular weight is 434 g/mol. The number of carbonyl (C=O) groups is 1. The Morgan fingerprint density at radius 1 is 0.903 bits per heavy atom. The molecule has 0 aliphatic carbocycles. The van der Waals surface area contributed by atoms with Crippen LogP contribution in [0, 0.1) is 6.92 Å². The van der Waals surface area contributed by atoms with Gasteiger partial charge in [-0.3, -0.25) is 14.6 Å². The van der Waals surface area contributed by atoms with E-state index in [4.69, 9.17) is 11.6 Å². The van der Waals surface area contributed by atoms with Crippen molar-refractivity contribution in [2.24, 2.45) is 0 Å². The zero-order valence-corrected chi connectivity index (χ0v) is 18.6. The summed E-state index contributed by atoms with van der Waals surface area (Å²) in [4.78, 5) is 17.3. The van der Waals surface area contributed by atoms with Gasteiger partial charge in [-0.15, -0.1) is 0 Å². The molecule has 1 aliphatic rings. The Hall–Kier alpha value is -2.66. The molecule has 0 atom stereocenters. The monoisotopic (exact) mass is 433 g/mol. The normalized spacial score (nSPS) is 15.2. The van der Waals surface area contributed by atoms with E-state index < -0.39 is 0 Å². The molecular weight excluding hydrogens is 406 g/mol. The molecule has 0 radical (unpaired) electrons. The van der Waals surface area contributed by atoms with Gasteiger partial charge in [-0.25, -0.2) is 0 Å². The molecule has 0 unspecified atom stereocenters. The van der Waals surface area contributed by atoms with Gasteiger partial charge in [-0.2, -0.15) is 0 Å². The first-order chi connectivity index (χ1) is 15.1. The molecule has 1 saturated heterocycles.